The largest absolute Gasteiger partial charge is 0.435 e. The van der Waals surface area contributed by atoms with E-state index in [1.54, 1.807) is 11.8 Å². The van der Waals surface area contributed by atoms with Gasteiger partial charge in [0.25, 0.3) is 5.91 Å². The van der Waals surface area contributed by atoms with E-state index in [9.17, 15) is 9.59 Å². The highest BCUT2D eigenvalue weighted by molar-refractivity contribution is 5.97. The molecule has 0 radical (unpaired) electrons. The van der Waals surface area contributed by atoms with Crippen LogP contribution in [0.1, 0.15) is 34.6 Å². The van der Waals surface area contributed by atoms with E-state index in [-0.39, 0.29) is 17.6 Å². The van der Waals surface area contributed by atoms with E-state index in [2.05, 4.69) is 10.3 Å². The zero-order valence-corrected chi connectivity index (χ0v) is 13.9. The first kappa shape index (κ1) is 16.2. The van der Waals surface area contributed by atoms with Gasteiger partial charge >= 0.3 is 0 Å². The van der Waals surface area contributed by atoms with E-state index in [4.69, 9.17) is 4.42 Å². The molecule has 2 heterocycles. The molecule has 1 aromatic carbocycles. The molecular formula is C18H21N3O3. The van der Waals surface area contributed by atoms with Gasteiger partial charge < -0.3 is 14.6 Å². The molecule has 1 unspecified atom stereocenters. The number of carbonyl (C=O) groups excluding carboxylic acids is 2. The minimum atomic E-state index is -0.539. The van der Waals surface area contributed by atoms with Gasteiger partial charge in [-0.25, -0.2) is 4.98 Å². The van der Waals surface area contributed by atoms with Gasteiger partial charge in [-0.1, -0.05) is 37.3 Å². The van der Waals surface area contributed by atoms with Crippen LogP contribution in [-0.4, -0.2) is 40.8 Å². The quantitative estimate of drug-likeness (QED) is 0.928. The predicted molar refractivity (Wildman–Crippen MR) is 88.6 cm³/mol. The Kier molecular flexibility index (Phi) is 4.64. The molecule has 1 fully saturated rings. The van der Waals surface area contributed by atoms with Crippen LogP contribution in [0.2, 0.25) is 0 Å². The molecule has 6 nitrogen and oxygen atoms in total. The van der Waals surface area contributed by atoms with Crippen molar-refractivity contribution in [3.05, 3.63) is 53.2 Å². The molecular weight excluding hydrogens is 306 g/mol. The number of carbonyl (C=O) groups is 2. The third-order valence-corrected chi connectivity index (χ3v) is 4.20. The standard InChI is InChI=1S/C18H21N3O3/c1-3-15-20-12(2)16(24-15)18(23)21-10-9-19-17(22)14(21)11-13-7-5-4-6-8-13/h4-8,14H,3,9-11H2,1-2H3,(H,19,22). The Morgan fingerprint density at radius 3 is 2.79 bits per heavy atom. The average molecular weight is 327 g/mol. The number of hydrogen-bond acceptors (Lipinski definition) is 4. The third kappa shape index (κ3) is 3.18. The maximum Gasteiger partial charge on any atom is 0.292 e. The van der Waals surface area contributed by atoms with Crippen molar-refractivity contribution in [2.75, 3.05) is 13.1 Å². The molecule has 126 valence electrons. The van der Waals surface area contributed by atoms with Crippen LogP contribution in [-0.2, 0) is 17.6 Å². The van der Waals surface area contributed by atoms with Gasteiger partial charge in [-0.05, 0) is 12.5 Å². The molecule has 1 atom stereocenters. The van der Waals surface area contributed by atoms with Crippen molar-refractivity contribution in [2.24, 2.45) is 0 Å². The number of nitrogens with zero attached hydrogens (tertiary/aromatic N) is 2. The molecule has 1 N–H and O–H groups in total. The van der Waals surface area contributed by atoms with Crippen LogP contribution in [0.25, 0.3) is 0 Å². The van der Waals surface area contributed by atoms with Crippen molar-refractivity contribution in [3.8, 4) is 0 Å². The minimum Gasteiger partial charge on any atom is -0.435 e. The van der Waals surface area contributed by atoms with E-state index in [1.165, 1.54) is 0 Å². The van der Waals surface area contributed by atoms with Crippen LogP contribution in [0, 0.1) is 6.92 Å². The summed E-state index contributed by atoms with van der Waals surface area (Å²) in [7, 11) is 0. The highest BCUT2D eigenvalue weighted by Crippen LogP contribution is 2.19. The molecule has 1 aliphatic heterocycles. The lowest BCUT2D eigenvalue weighted by molar-refractivity contribution is -0.127. The highest BCUT2D eigenvalue weighted by atomic mass is 16.4. The molecule has 2 amide bonds. The molecule has 1 saturated heterocycles. The van der Waals surface area contributed by atoms with Crippen LogP contribution >= 0.6 is 0 Å². The van der Waals surface area contributed by atoms with Gasteiger partial charge in [0.05, 0.1) is 5.69 Å². The number of rotatable bonds is 4. The summed E-state index contributed by atoms with van der Waals surface area (Å²) in [5.41, 5.74) is 1.59. The Bertz CT molecular complexity index is 739. The second-order valence-corrected chi connectivity index (χ2v) is 5.87. The van der Waals surface area contributed by atoms with Gasteiger partial charge in [0.15, 0.2) is 5.89 Å². The van der Waals surface area contributed by atoms with E-state index in [0.717, 1.165) is 5.56 Å². The molecule has 2 aromatic rings. The third-order valence-electron chi connectivity index (χ3n) is 4.20. The number of hydrogen-bond donors (Lipinski definition) is 1. The number of oxazole rings is 1. The SMILES string of the molecule is CCc1nc(C)c(C(=O)N2CCNC(=O)C2Cc2ccccc2)o1. The number of benzene rings is 1. The fourth-order valence-electron chi connectivity index (χ4n) is 2.93. The van der Waals surface area contributed by atoms with Gasteiger partial charge in [-0.2, -0.15) is 0 Å². The molecule has 0 spiro atoms. The molecule has 1 aromatic heterocycles. The van der Waals surface area contributed by atoms with Gasteiger partial charge in [0, 0.05) is 25.9 Å². The topological polar surface area (TPSA) is 75.4 Å². The zero-order valence-electron chi connectivity index (χ0n) is 13.9. The fourth-order valence-corrected chi connectivity index (χ4v) is 2.93. The van der Waals surface area contributed by atoms with Crippen LogP contribution in [0.5, 0.6) is 0 Å². The normalized spacial score (nSPS) is 17.7. The Morgan fingerprint density at radius 2 is 2.12 bits per heavy atom. The summed E-state index contributed by atoms with van der Waals surface area (Å²) in [6, 6.07) is 9.16. The van der Waals surface area contributed by atoms with Crippen LogP contribution in [0.15, 0.2) is 34.7 Å². The first-order valence-corrected chi connectivity index (χ1v) is 8.19. The lowest BCUT2D eigenvalue weighted by Crippen LogP contribution is -2.58. The molecule has 0 bridgehead atoms. The highest BCUT2D eigenvalue weighted by Gasteiger charge is 2.35. The molecule has 0 aliphatic carbocycles. The molecule has 24 heavy (non-hydrogen) atoms. The number of piperazine rings is 1. The Balaban J connectivity index is 1.86. The summed E-state index contributed by atoms with van der Waals surface area (Å²) in [4.78, 5) is 31.1. The van der Waals surface area contributed by atoms with Crippen molar-refractivity contribution in [1.82, 2.24) is 15.2 Å². The second-order valence-electron chi connectivity index (χ2n) is 5.87. The van der Waals surface area contributed by atoms with Gasteiger partial charge in [0.1, 0.15) is 6.04 Å². The van der Waals surface area contributed by atoms with Crippen molar-refractivity contribution in [2.45, 2.75) is 32.7 Å². The molecule has 0 saturated carbocycles. The van der Waals surface area contributed by atoms with Crippen molar-refractivity contribution < 1.29 is 14.0 Å². The van der Waals surface area contributed by atoms with Gasteiger partial charge in [-0.3, -0.25) is 9.59 Å². The summed E-state index contributed by atoms with van der Waals surface area (Å²) in [5.74, 6) is 0.373. The van der Waals surface area contributed by atoms with Crippen LogP contribution < -0.4 is 5.32 Å². The Hall–Kier alpha value is -2.63. The zero-order chi connectivity index (χ0) is 17.1. The summed E-state index contributed by atoms with van der Waals surface area (Å²) in [5, 5.41) is 2.84. The lowest BCUT2D eigenvalue weighted by Gasteiger charge is -2.34. The predicted octanol–water partition coefficient (Wildman–Crippen LogP) is 1.73. The summed E-state index contributed by atoms with van der Waals surface area (Å²) in [6.07, 6.45) is 1.11. The number of aryl methyl sites for hydroxylation is 2. The monoisotopic (exact) mass is 327 g/mol. The van der Waals surface area contributed by atoms with Crippen LogP contribution in [0.3, 0.4) is 0 Å². The van der Waals surface area contributed by atoms with Gasteiger partial charge in [-0.15, -0.1) is 0 Å². The Morgan fingerprint density at radius 1 is 1.38 bits per heavy atom. The van der Waals surface area contributed by atoms with Crippen LogP contribution in [0.4, 0.5) is 0 Å². The van der Waals surface area contributed by atoms with Crippen molar-refractivity contribution >= 4 is 11.8 Å². The molecule has 1 aliphatic rings. The first-order chi connectivity index (χ1) is 11.6. The molecule has 3 rings (SSSR count). The maximum absolute atomic E-state index is 12.9. The minimum absolute atomic E-state index is 0.133. The first-order valence-electron chi connectivity index (χ1n) is 8.19. The number of nitrogens with one attached hydrogen (secondary N) is 1. The van der Waals surface area contributed by atoms with E-state index < -0.39 is 6.04 Å². The second kappa shape index (κ2) is 6.86. The average Bonchev–Trinajstić information content (AvgIpc) is 2.98. The maximum atomic E-state index is 12.9. The smallest absolute Gasteiger partial charge is 0.292 e. The summed E-state index contributed by atoms with van der Waals surface area (Å²) in [6.45, 7) is 4.59. The number of amides is 2. The van der Waals surface area contributed by atoms with Crippen molar-refractivity contribution in [3.63, 3.8) is 0 Å². The van der Waals surface area contributed by atoms with E-state index >= 15 is 0 Å². The van der Waals surface area contributed by atoms with Crippen molar-refractivity contribution in [1.29, 1.82) is 0 Å². The molecule has 6 heteroatoms. The lowest BCUT2D eigenvalue weighted by atomic mass is 10.0. The number of aromatic nitrogens is 1. The fraction of sp³-hybridized carbons (Fsp3) is 0.389. The Labute approximate surface area is 140 Å². The summed E-state index contributed by atoms with van der Waals surface area (Å²) < 4.78 is 5.58. The van der Waals surface area contributed by atoms with E-state index in [0.29, 0.717) is 37.5 Å². The van der Waals surface area contributed by atoms with Gasteiger partial charge in [0.2, 0.25) is 11.7 Å². The summed E-state index contributed by atoms with van der Waals surface area (Å²) >= 11 is 0. The van der Waals surface area contributed by atoms with E-state index in [1.807, 2.05) is 37.3 Å².